The lowest BCUT2D eigenvalue weighted by atomic mass is 9.88. The maximum atomic E-state index is 12.5. The molecule has 0 aliphatic carbocycles. The van der Waals surface area contributed by atoms with Crippen molar-refractivity contribution in [3.63, 3.8) is 0 Å². The van der Waals surface area contributed by atoms with Crippen LogP contribution in [0, 0.1) is 11.8 Å². The summed E-state index contributed by atoms with van der Waals surface area (Å²) in [6.45, 7) is 5.30. The zero-order chi connectivity index (χ0) is 17.1. The molecule has 2 aliphatic rings. The molecule has 2 aliphatic heterocycles. The molecule has 1 aromatic carbocycles. The van der Waals surface area contributed by atoms with Crippen LogP contribution in [0.4, 0.5) is 5.69 Å². The van der Waals surface area contributed by atoms with E-state index in [2.05, 4.69) is 10.6 Å². The van der Waals surface area contributed by atoms with Gasteiger partial charge in [-0.2, -0.15) is 0 Å². The van der Waals surface area contributed by atoms with Gasteiger partial charge in [-0.05, 0) is 56.5 Å². The second-order valence-corrected chi connectivity index (χ2v) is 7.15. The first-order valence-electron chi connectivity index (χ1n) is 8.66. The Morgan fingerprint density at radius 1 is 1.25 bits per heavy atom. The molecular weight excluding hydrogens is 326 g/mol. The topological polar surface area (TPSA) is 61.4 Å². The number of benzene rings is 1. The average molecular weight is 350 g/mol. The number of nitrogens with zero attached hydrogens (tertiary/aromatic N) is 1. The van der Waals surface area contributed by atoms with Crippen LogP contribution < -0.4 is 10.6 Å². The van der Waals surface area contributed by atoms with Gasteiger partial charge in [0.15, 0.2) is 0 Å². The number of nitrogens with one attached hydrogen (secondary N) is 2. The minimum atomic E-state index is -0.0420. The molecule has 1 atom stereocenters. The van der Waals surface area contributed by atoms with Crippen LogP contribution in [-0.4, -0.2) is 42.9 Å². The minimum Gasteiger partial charge on any atom is -0.339 e. The smallest absolute Gasteiger partial charge is 0.255 e. The van der Waals surface area contributed by atoms with E-state index in [0.29, 0.717) is 22.2 Å². The van der Waals surface area contributed by atoms with Gasteiger partial charge in [-0.15, -0.1) is 0 Å². The molecule has 24 heavy (non-hydrogen) atoms. The summed E-state index contributed by atoms with van der Waals surface area (Å²) in [5, 5.41) is 6.47. The highest BCUT2D eigenvalue weighted by Gasteiger charge is 2.29. The van der Waals surface area contributed by atoms with Gasteiger partial charge in [0, 0.05) is 24.7 Å². The average Bonchev–Trinajstić information content (AvgIpc) is 2.53. The van der Waals surface area contributed by atoms with E-state index in [1.165, 1.54) is 6.42 Å². The third-order valence-corrected chi connectivity index (χ3v) is 5.36. The number of anilines is 1. The lowest BCUT2D eigenvalue weighted by Crippen LogP contribution is -2.48. The molecule has 2 saturated heterocycles. The highest BCUT2D eigenvalue weighted by molar-refractivity contribution is 6.34. The Hall–Kier alpha value is -1.59. The molecule has 5 nitrogen and oxygen atoms in total. The third-order valence-electron chi connectivity index (χ3n) is 5.04. The van der Waals surface area contributed by atoms with Gasteiger partial charge in [0.25, 0.3) is 5.91 Å². The molecule has 6 heteroatoms. The number of halogens is 1. The molecule has 1 aromatic rings. The number of likely N-dealkylation sites (tertiary alicyclic amines) is 1. The fourth-order valence-electron chi connectivity index (χ4n) is 3.17. The zero-order valence-electron chi connectivity index (χ0n) is 14.0. The van der Waals surface area contributed by atoms with E-state index in [-0.39, 0.29) is 17.7 Å². The van der Waals surface area contributed by atoms with Gasteiger partial charge in [0.2, 0.25) is 5.91 Å². The first kappa shape index (κ1) is 17.2. The van der Waals surface area contributed by atoms with Crippen LogP contribution in [0.1, 0.15) is 36.5 Å². The second kappa shape index (κ2) is 7.53. The van der Waals surface area contributed by atoms with Crippen molar-refractivity contribution in [1.29, 1.82) is 0 Å². The van der Waals surface area contributed by atoms with Crippen molar-refractivity contribution in [2.45, 2.75) is 26.2 Å². The quantitative estimate of drug-likeness (QED) is 0.878. The number of carbonyl (C=O) groups excluding carboxylic acids is 2. The van der Waals surface area contributed by atoms with Gasteiger partial charge in [0.05, 0.1) is 10.6 Å². The van der Waals surface area contributed by atoms with Gasteiger partial charge in [-0.25, -0.2) is 0 Å². The molecule has 2 amide bonds. The van der Waals surface area contributed by atoms with Crippen molar-refractivity contribution in [2.75, 3.05) is 31.5 Å². The molecule has 2 heterocycles. The molecule has 0 bridgehead atoms. The van der Waals surface area contributed by atoms with Crippen LogP contribution in [0.3, 0.4) is 0 Å². The van der Waals surface area contributed by atoms with Gasteiger partial charge < -0.3 is 15.5 Å². The maximum Gasteiger partial charge on any atom is 0.255 e. The molecule has 2 N–H and O–H groups in total. The van der Waals surface area contributed by atoms with E-state index in [9.17, 15) is 9.59 Å². The minimum absolute atomic E-state index is 0.00678. The highest BCUT2D eigenvalue weighted by Crippen LogP contribution is 2.25. The maximum absolute atomic E-state index is 12.5. The molecule has 0 saturated carbocycles. The first-order chi connectivity index (χ1) is 11.6. The molecule has 2 fully saturated rings. The van der Waals surface area contributed by atoms with Crippen molar-refractivity contribution in [3.8, 4) is 0 Å². The number of rotatable bonds is 4. The van der Waals surface area contributed by atoms with E-state index in [4.69, 9.17) is 11.6 Å². The Labute approximate surface area is 147 Å². The summed E-state index contributed by atoms with van der Waals surface area (Å²) < 4.78 is 0. The Morgan fingerprint density at radius 3 is 2.54 bits per heavy atom. The number of carbonyl (C=O) groups is 2. The van der Waals surface area contributed by atoms with Gasteiger partial charge >= 0.3 is 0 Å². The van der Waals surface area contributed by atoms with Crippen LogP contribution in [0.15, 0.2) is 18.2 Å². The molecule has 1 unspecified atom stereocenters. The van der Waals surface area contributed by atoms with Crippen LogP contribution in [-0.2, 0) is 4.79 Å². The molecule has 3 rings (SSSR count). The van der Waals surface area contributed by atoms with E-state index < -0.39 is 0 Å². The number of hydrogen-bond acceptors (Lipinski definition) is 3. The fraction of sp³-hybridized carbons (Fsp3) is 0.556. The predicted molar refractivity (Wildman–Crippen MR) is 95.4 cm³/mol. The van der Waals surface area contributed by atoms with Gasteiger partial charge in [-0.1, -0.05) is 18.5 Å². The Kier molecular flexibility index (Phi) is 5.41. The summed E-state index contributed by atoms with van der Waals surface area (Å²) in [5.41, 5.74) is 1.15. The molecular formula is C18H24ClN3O2. The van der Waals surface area contributed by atoms with E-state index >= 15 is 0 Å². The predicted octanol–water partition coefficient (Wildman–Crippen LogP) is 2.76. The first-order valence-corrected chi connectivity index (χ1v) is 9.04. The number of piperidine rings is 1. The monoisotopic (exact) mass is 349 g/mol. The van der Waals surface area contributed by atoms with Gasteiger partial charge in [0.1, 0.15) is 0 Å². The summed E-state index contributed by atoms with van der Waals surface area (Å²) in [4.78, 5) is 26.7. The largest absolute Gasteiger partial charge is 0.339 e. The molecule has 130 valence electrons. The van der Waals surface area contributed by atoms with Crippen LogP contribution in [0.25, 0.3) is 0 Å². The normalized spacial score (nSPS) is 19.5. The van der Waals surface area contributed by atoms with Crippen molar-refractivity contribution in [1.82, 2.24) is 10.2 Å². The summed E-state index contributed by atoms with van der Waals surface area (Å²) in [6, 6.07) is 5.14. The Balaban J connectivity index is 1.65. The summed E-state index contributed by atoms with van der Waals surface area (Å²) >= 11 is 6.30. The van der Waals surface area contributed by atoms with E-state index in [1.54, 1.807) is 18.2 Å². The zero-order valence-corrected chi connectivity index (χ0v) is 14.7. The van der Waals surface area contributed by atoms with Crippen LogP contribution >= 0.6 is 11.6 Å². The van der Waals surface area contributed by atoms with Crippen LogP contribution in [0.2, 0.25) is 5.02 Å². The molecule has 0 radical (unpaired) electrons. The summed E-state index contributed by atoms with van der Waals surface area (Å²) in [7, 11) is 0. The molecule has 0 spiro atoms. The van der Waals surface area contributed by atoms with E-state index in [1.807, 2.05) is 11.8 Å². The Morgan fingerprint density at radius 2 is 1.96 bits per heavy atom. The van der Waals surface area contributed by atoms with E-state index in [0.717, 1.165) is 39.0 Å². The van der Waals surface area contributed by atoms with Gasteiger partial charge in [-0.3, -0.25) is 9.59 Å². The second-order valence-electron chi connectivity index (χ2n) is 6.74. The SMILES string of the molecule is CC(C(=O)Nc1ccc(C(=O)N2CCCCC2)c(Cl)c1)C1CNC1. The van der Waals surface area contributed by atoms with Crippen molar-refractivity contribution in [2.24, 2.45) is 11.8 Å². The standard InChI is InChI=1S/C18H24ClN3O2/c1-12(13-10-20-11-13)17(23)21-14-5-6-15(16(19)9-14)18(24)22-7-3-2-4-8-22/h5-6,9,12-13,20H,2-4,7-8,10-11H2,1H3,(H,21,23). The van der Waals surface area contributed by atoms with Crippen LogP contribution in [0.5, 0.6) is 0 Å². The fourth-order valence-corrected chi connectivity index (χ4v) is 3.43. The third kappa shape index (κ3) is 3.73. The lowest BCUT2D eigenvalue weighted by molar-refractivity contribution is -0.121. The summed E-state index contributed by atoms with van der Waals surface area (Å²) in [6.07, 6.45) is 3.27. The summed E-state index contributed by atoms with van der Waals surface area (Å²) in [5.74, 6) is 0.319. The van der Waals surface area contributed by atoms with Crippen molar-refractivity contribution < 1.29 is 9.59 Å². The van der Waals surface area contributed by atoms with Crippen molar-refractivity contribution >= 4 is 29.1 Å². The highest BCUT2D eigenvalue weighted by atomic mass is 35.5. The number of amides is 2. The Bertz CT molecular complexity index is 625. The lowest BCUT2D eigenvalue weighted by Gasteiger charge is -2.31. The van der Waals surface area contributed by atoms with Crippen molar-refractivity contribution in [3.05, 3.63) is 28.8 Å². The molecule has 0 aromatic heterocycles. The number of hydrogen-bond donors (Lipinski definition) is 2.